The molecule has 0 bridgehead atoms. The standard InChI is InChI=1S/C15H16Cl2N2O/c1-19(2)15-12(17)4-3-5-13(15)18-9-10-8-11(16)6-7-14(10)20/h3-8,18,20H,9H2,1-2H3. The molecule has 0 unspecified atom stereocenters. The molecule has 2 rings (SSSR count). The maximum atomic E-state index is 9.81. The number of hydrogen-bond acceptors (Lipinski definition) is 3. The molecule has 2 aromatic rings. The number of nitrogens with one attached hydrogen (secondary N) is 1. The Morgan fingerprint density at radius 2 is 1.90 bits per heavy atom. The summed E-state index contributed by atoms with van der Waals surface area (Å²) in [6, 6.07) is 10.7. The van der Waals surface area contributed by atoms with Gasteiger partial charge in [-0.25, -0.2) is 0 Å². The zero-order chi connectivity index (χ0) is 14.7. The van der Waals surface area contributed by atoms with Gasteiger partial charge in [-0.3, -0.25) is 0 Å². The number of hydrogen-bond donors (Lipinski definition) is 2. The number of halogens is 2. The Labute approximate surface area is 128 Å². The minimum Gasteiger partial charge on any atom is -0.508 e. The van der Waals surface area contributed by atoms with E-state index in [1.807, 2.05) is 37.2 Å². The zero-order valence-corrected chi connectivity index (χ0v) is 12.8. The number of benzene rings is 2. The van der Waals surface area contributed by atoms with Gasteiger partial charge in [-0.1, -0.05) is 29.3 Å². The minimum atomic E-state index is 0.218. The summed E-state index contributed by atoms with van der Waals surface area (Å²) in [6.07, 6.45) is 0. The van der Waals surface area contributed by atoms with Crippen molar-refractivity contribution in [2.75, 3.05) is 24.3 Å². The zero-order valence-electron chi connectivity index (χ0n) is 11.3. The fourth-order valence-corrected chi connectivity index (χ4v) is 2.54. The second-order valence-electron chi connectivity index (χ2n) is 4.66. The fraction of sp³-hybridized carbons (Fsp3) is 0.200. The van der Waals surface area contributed by atoms with Crippen LogP contribution in [0.1, 0.15) is 5.56 Å². The lowest BCUT2D eigenvalue weighted by Crippen LogP contribution is -2.12. The van der Waals surface area contributed by atoms with Crippen LogP contribution in [0.3, 0.4) is 0 Å². The molecule has 5 heteroatoms. The van der Waals surface area contributed by atoms with E-state index in [9.17, 15) is 5.11 Å². The molecule has 0 fully saturated rings. The van der Waals surface area contributed by atoms with Crippen molar-refractivity contribution in [1.82, 2.24) is 0 Å². The van der Waals surface area contributed by atoms with E-state index >= 15 is 0 Å². The highest BCUT2D eigenvalue weighted by Crippen LogP contribution is 2.33. The van der Waals surface area contributed by atoms with Crippen LogP contribution in [0, 0.1) is 0 Å². The summed E-state index contributed by atoms with van der Waals surface area (Å²) >= 11 is 12.1. The second-order valence-corrected chi connectivity index (χ2v) is 5.50. The van der Waals surface area contributed by atoms with E-state index in [2.05, 4.69) is 5.32 Å². The summed E-state index contributed by atoms with van der Waals surface area (Å²) in [5.74, 6) is 0.218. The van der Waals surface area contributed by atoms with Gasteiger partial charge in [0.15, 0.2) is 0 Å². The van der Waals surface area contributed by atoms with Crippen molar-refractivity contribution in [3.8, 4) is 5.75 Å². The number of anilines is 2. The number of para-hydroxylation sites is 1. The van der Waals surface area contributed by atoms with Crippen molar-refractivity contribution in [3.05, 3.63) is 52.0 Å². The molecule has 0 saturated carbocycles. The number of phenolic OH excluding ortho intramolecular Hbond substituents is 1. The molecule has 2 aromatic carbocycles. The van der Waals surface area contributed by atoms with Crippen molar-refractivity contribution >= 4 is 34.6 Å². The van der Waals surface area contributed by atoms with E-state index in [-0.39, 0.29) is 5.75 Å². The molecule has 0 radical (unpaired) electrons. The minimum absolute atomic E-state index is 0.218. The van der Waals surface area contributed by atoms with Gasteiger partial charge >= 0.3 is 0 Å². The van der Waals surface area contributed by atoms with Gasteiger partial charge < -0.3 is 15.3 Å². The monoisotopic (exact) mass is 310 g/mol. The number of phenols is 1. The molecule has 20 heavy (non-hydrogen) atoms. The Hall–Kier alpha value is -1.58. The molecule has 106 valence electrons. The van der Waals surface area contributed by atoms with Crippen molar-refractivity contribution in [2.45, 2.75) is 6.54 Å². The third kappa shape index (κ3) is 3.30. The van der Waals surface area contributed by atoms with Gasteiger partial charge in [-0.2, -0.15) is 0 Å². The van der Waals surface area contributed by atoms with Crippen molar-refractivity contribution in [2.24, 2.45) is 0 Å². The molecule has 0 aromatic heterocycles. The van der Waals surface area contributed by atoms with Crippen LogP contribution in [0.4, 0.5) is 11.4 Å². The molecule has 0 atom stereocenters. The molecular weight excluding hydrogens is 295 g/mol. The molecule has 0 saturated heterocycles. The van der Waals surface area contributed by atoms with E-state index in [1.165, 1.54) is 0 Å². The van der Waals surface area contributed by atoms with Crippen LogP contribution in [0.25, 0.3) is 0 Å². The highest BCUT2D eigenvalue weighted by Gasteiger charge is 2.09. The van der Waals surface area contributed by atoms with Gasteiger partial charge in [-0.15, -0.1) is 0 Å². The maximum absolute atomic E-state index is 9.81. The lowest BCUT2D eigenvalue weighted by Gasteiger charge is -2.20. The van der Waals surface area contributed by atoms with Crippen LogP contribution >= 0.6 is 23.2 Å². The molecule has 0 aliphatic carbocycles. The van der Waals surface area contributed by atoms with Crippen molar-refractivity contribution < 1.29 is 5.11 Å². The van der Waals surface area contributed by atoms with Crippen LogP contribution in [0.5, 0.6) is 5.75 Å². The Bertz CT molecular complexity index is 615. The van der Waals surface area contributed by atoms with Crippen LogP contribution in [0.15, 0.2) is 36.4 Å². The Morgan fingerprint density at radius 1 is 1.15 bits per heavy atom. The summed E-state index contributed by atoms with van der Waals surface area (Å²) in [4.78, 5) is 1.95. The van der Waals surface area contributed by atoms with E-state index in [0.717, 1.165) is 16.9 Å². The molecular formula is C15H16Cl2N2O. The number of nitrogens with zero attached hydrogens (tertiary/aromatic N) is 1. The van der Waals surface area contributed by atoms with Crippen LogP contribution in [0.2, 0.25) is 10.0 Å². The lowest BCUT2D eigenvalue weighted by atomic mass is 10.2. The first-order chi connectivity index (χ1) is 9.49. The SMILES string of the molecule is CN(C)c1c(Cl)cccc1NCc1cc(Cl)ccc1O. The third-order valence-electron chi connectivity index (χ3n) is 2.94. The third-order valence-corrected chi connectivity index (χ3v) is 3.48. The summed E-state index contributed by atoms with van der Waals surface area (Å²) in [6.45, 7) is 0.466. The molecule has 0 amide bonds. The first-order valence-electron chi connectivity index (χ1n) is 6.16. The van der Waals surface area contributed by atoms with Crippen LogP contribution < -0.4 is 10.2 Å². The van der Waals surface area contributed by atoms with Crippen molar-refractivity contribution in [1.29, 1.82) is 0 Å². The topological polar surface area (TPSA) is 35.5 Å². The number of rotatable bonds is 4. The van der Waals surface area contributed by atoms with E-state index in [0.29, 0.717) is 16.6 Å². The van der Waals surface area contributed by atoms with Crippen LogP contribution in [-0.4, -0.2) is 19.2 Å². The van der Waals surface area contributed by atoms with Gasteiger partial charge in [0.05, 0.1) is 16.4 Å². The van der Waals surface area contributed by atoms with Gasteiger partial charge in [0, 0.05) is 31.2 Å². The molecule has 0 spiro atoms. The maximum Gasteiger partial charge on any atom is 0.120 e. The predicted molar refractivity (Wildman–Crippen MR) is 86.2 cm³/mol. The van der Waals surface area contributed by atoms with E-state index < -0.39 is 0 Å². The Kier molecular flexibility index (Phi) is 4.63. The summed E-state index contributed by atoms with van der Waals surface area (Å²) in [7, 11) is 3.87. The van der Waals surface area contributed by atoms with Gasteiger partial charge in [0.25, 0.3) is 0 Å². The quantitative estimate of drug-likeness (QED) is 0.880. The molecule has 0 aliphatic heterocycles. The van der Waals surface area contributed by atoms with E-state index in [4.69, 9.17) is 23.2 Å². The molecule has 0 aliphatic rings. The number of aromatic hydroxyl groups is 1. The van der Waals surface area contributed by atoms with Gasteiger partial charge in [0.2, 0.25) is 0 Å². The highest BCUT2D eigenvalue weighted by molar-refractivity contribution is 6.34. The Balaban J connectivity index is 2.23. The fourth-order valence-electron chi connectivity index (χ4n) is 2.00. The predicted octanol–water partition coefficient (Wildman–Crippen LogP) is 4.38. The Morgan fingerprint density at radius 3 is 2.60 bits per heavy atom. The molecule has 0 heterocycles. The smallest absolute Gasteiger partial charge is 0.120 e. The molecule has 2 N–H and O–H groups in total. The second kappa shape index (κ2) is 6.25. The molecule has 3 nitrogen and oxygen atoms in total. The van der Waals surface area contributed by atoms with E-state index in [1.54, 1.807) is 18.2 Å². The average molecular weight is 311 g/mol. The lowest BCUT2D eigenvalue weighted by molar-refractivity contribution is 0.469. The van der Waals surface area contributed by atoms with Crippen molar-refractivity contribution in [3.63, 3.8) is 0 Å². The normalized spacial score (nSPS) is 10.4. The summed E-state index contributed by atoms with van der Waals surface area (Å²) in [5.41, 5.74) is 2.56. The van der Waals surface area contributed by atoms with Gasteiger partial charge in [-0.05, 0) is 30.3 Å². The largest absolute Gasteiger partial charge is 0.508 e. The summed E-state index contributed by atoms with van der Waals surface area (Å²) in [5, 5.41) is 14.4. The average Bonchev–Trinajstić information content (AvgIpc) is 2.39. The highest BCUT2D eigenvalue weighted by atomic mass is 35.5. The first kappa shape index (κ1) is 14.8. The van der Waals surface area contributed by atoms with Crippen LogP contribution in [-0.2, 0) is 6.54 Å². The first-order valence-corrected chi connectivity index (χ1v) is 6.91. The van der Waals surface area contributed by atoms with Gasteiger partial charge in [0.1, 0.15) is 5.75 Å². The summed E-state index contributed by atoms with van der Waals surface area (Å²) < 4.78 is 0.